The van der Waals surface area contributed by atoms with Crippen molar-refractivity contribution >= 4 is 17.2 Å². The van der Waals surface area contributed by atoms with Gasteiger partial charge in [0.25, 0.3) is 0 Å². The van der Waals surface area contributed by atoms with Crippen molar-refractivity contribution in [3.63, 3.8) is 0 Å². The summed E-state index contributed by atoms with van der Waals surface area (Å²) in [7, 11) is 0. The number of nitrogens with zero attached hydrogens (tertiary/aromatic N) is 2. The Kier molecular flexibility index (Phi) is 3.05. The van der Waals surface area contributed by atoms with E-state index in [0.29, 0.717) is 5.92 Å². The molecule has 0 aromatic rings. The monoisotopic (exact) mass is 182 g/mol. The fourth-order valence-electron chi connectivity index (χ4n) is 1.60. The molecular formula is C9H14N2S. The van der Waals surface area contributed by atoms with Gasteiger partial charge in [-0.05, 0) is 12.3 Å². The lowest BCUT2D eigenvalue weighted by Gasteiger charge is -2.22. The van der Waals surface area contributed by atoms with E-state index in [4.69, 9.17) is 17.5 Å². The molecule has 0 amide bonds. The van der Waals surface area contributed by atoms with E-state index in [1.54, 1.807) is 0 Å². The molecule has 66 valence electrons. The molecule has 2 unspecified atom stereocenters. The fourth-order valence-corrected chi connectivity index (χ4v) is 2.09. The van der Waals surface area contributed by atoms with E-state index in [2.05, 4.69) is 17.9 Å². The van der Waals surface area contributed by atoms with Gasteiger partial charge in [-0.25, -0.2) is 0 Å². The van der Waals surface area contributed by atoms with Gasteiger partial charge in [-0.1, -0.05) is 26.1 Å². The van der Waals surface area contributed by atoms with Crippen LogP contribution in [0.2, 0.25) is 0 Å². The van der Waals surface area contributed by atoms with Crippen LogP contribution in [0.3, 0.4) is 0 Å². The van der Waals surface area contributed by atoms with Crippen LogP contribution in [0, 0.1) is 17.2 Å². The summed E-state index contributed by atoms with van der Waals surface area (Å²) >= 11 is 5.20. The van der Waals surface area contributed by atoms with Crippen molar-refractivity contribution in [3.8, 4) is 6.07 Å². The Bertz CT molecular complexity index is 219. The molecule has 1 saturated heterocycles. The van der Waals surface area contributed by atoms with E-state index in [9.17, 15) is 0 Å². The first kappa shape index (κ1) is 9.47. The molecular weight excluding hydrogens is 168 g/mol. The molecule has 0 aliphatic carbocycles. The zero-order valence-corrected chi connectivity index (χ0v) is 8.40. The summed E-state index contributed by atoms with van der Waals surface area (Å²) in [4.78, 5) is 3.04. The topological polar surface area (TPSA) is 27.0 Å². The first-order valence-corrected chi connectivity index (χ1v) is 4.79. The van der Waals surface area contributed by atoms with Crippen molar-refractivity contribution in [3.05, 3.63) is 0 Å². The maximum absolute atomic E-state index is 8.84. The summed E-state index contributed by atoms with van der Waals surface area (Å²) < 4.78 is 0. The molecule has 0 spiro atoms. The Morgan fingerprint density at radius 2 is 2.50 bits per heavy atom. The van der Waals surface area contributed by atoms with Gasteiger partial charge >= 0.3 is 0 Å². The molecule has 0 N–H and O–H groups in total. The molecule has 3 heteroatoms. The number of nitriles is 1. The highest BCUT2D eigenvalue weighted by molar-refractivity contribution is 7.80. The summed E-state index contributed by atoms with van der Waals surface area (Å²) in [5.41, 5.74) is 0. The molecule has 1 rings (SSSR count). The van der Waals surface area contributed by atoms with Gasteiger partial charge in [0, 0.05) is 13.0 Å². The maximum Gasteiger partial charge on any atom is 0.117 e. The van der Waals surface area contributed by atoms with Crippen molar-refractivity contribution in [2.24, 2.45) is 5.92 Å². The van der Waals surface area contributed by atoms with Crippen molar-refractivity contribution < 1.29 is 0 Å². The lowest BCUT2D eigenvalue weighted by atomic mass is 10.2. The van der Waals surface area contributed by atoms with Crippen LogP contribution >= 0.6 is 12.2 Å². The highest BCUT2D eigenvalue weighted by Gasteiger charge is 2.28. The normalized spacial score (nSPS) is 25.6. The third-order valence-corrected chi connectivity index (χ3v) is 2.66. The Morgan fingerprint density at radius 3 is 2.83 bits per heavy atom. The highest BCUT2D eigenvalue weighted by Crippen LogP contribution is 2.21. The zero-order chi connectivity index (χ0) is 9.14. The minimum absolute atomic E-state index is 0.00227. The summed E-state index contributed by atoms with van der Waals surface area (Å²) in [5, 5.41) is 8.84. The average Bonchev–Trinajstić information content (AvgIpc) is 2.34. The quantitative estimate of drug-likeness (QED) is 0.611. The standard InChI is InChI=1S/C9H14N2S/c1-3-8(5-10)11-6-7(2)4-9(11)12/h7-8H,3-4,6H2,1-2H3. The Balaban J connectivity index is 2.64. The summed E-state index contributed by atoms with van der Waals surface area (Å²) in [6, 6.07) is 2.29. The first-order valence-electron chi connectivity index (χ1n) is 4.38. The number of hydrogen-bond donors (Lipinski definition) is 0. The van der Waals surface area contributed by atoms with Gasteiger partial charge in [0.05, 0.1) is 11.1 Å². The van der Waals surface area contributed by atoms with E-state index >= 15 is 0 Å². The lowest BCUT2D eigenvalue weighted by Crippen LogP contribution is -2.34. The van der Waals surface area contributed by atoms with E-state index in [0.717, 1.165) is 24.4 Å². The second-order valence-electron chi connectivity index (χ2n) is 3.41. The lowest BCUT2D eigenvalue weighted by molar-refractivity contribution is 0.361. The second kappa shape index (κ2) is 3.86. The van der Waals surface area contributed by atoms with Crippen molar-refractivity contribution in [1.82, 2.24) is 4.90 Å². The highest BCUT2D eigenvalue weighted by atomic mass is 32.1. The zero-order valence-electron chi connectivity index (χ0n) is 7.58. The third-order valence-electron chi connectivity index (χ3n) is 2.26. The number of rotatable bonds is 2. The van der Waals surface area contributed by atoms with Gasteiger partial charge in [-0.15, -0.1) is 0 Å². The predicted octanol–water partition coefficient (Wildman–Crippen LogP) is 1.96. The van der Waals surface area contributed by atoms with Gasteiger partial charge in [-0.3, -0.25) is 0 Å². The molecule has 1 aliphatic rings. The van der Waals surface area contributed by atoms with Crippen LogP contribution in [0.25, 0.3) is 0 Å². The van der Waals surface area contributed by atoms with Crippen LogP contribution in [-0.4, -0.2) is 22.5 Å². The molecule has 0 aromatic heterocycles. The van der Waals surface area contributed by atoms with Gasteiger partial charge in [0.1, 0.15) is 6.04 Å². The molecule has 12 heavy (non-hydrogen) atoms. The second-order valence-corrected chi connectivity index (χ2v) is 3.88. The largest absolute Gasteiger partial charge is 0.350 e. The Labute approximate surface area is 79.2 Å². The van der Waals surface area contributed by atoms with Crippen LogP contribution in [-0.2, 0) is 0 Å². The first-order chi connectivity index (χ1) is 5.69. The molecule has 0 saturated carbocycles. The maximum atomic E-state index is 8.84. The summed E-state index contributed by atoms with van der Waals surface area (Å²) in [5.74, 6) is 0.625. The van der Waals surface area contributed by atoms with E-state index < -0.39 is 0 Å². The van der Waals surface area contributed by atoms with Crippen LogP contribution < -0.4 is 0 Å². The Morgan fingerprint density at radius 1 is 1.83 bits per heavy atom. The van der Waals surface area contributed by atoms with Crippen LogP contribution in [0.15, 0.2) is 0 Å². The minimum atomic E-state index is 0.00227. The number of likely N-dealkylation sites (tertiary alicyclic amines) is 1. The smallest absolute Gasteiger partial charge is 0.117 e. The van der Waals surface area contributed by atoms with Crippen molar-refractivity contribution in [1.29, 1.82) is 5.26 Å². The van der Waals surface area contributed by atoms with E-state index in [1.807, 2.05) is 6.92 Å². The van der Waals surface area contributed by atoms with Gasteiger partial charge < -0.3 is 4.90 Å². The molecule has 1 heterocycles. The molecule has 0 bridgehead atoms. The van der Waals surface area contributed by atoms with Crippen LogP contribution in [0.4, 0.5) is 0 Å². The van der Waals surface area contributed by atoms with Crippen molar-refractivity contribution in [2.75, 3.05) is 6.54 Å². The summed E-state index contributed by atoms with van der Waals surface area (Å²) in [6.07, 6.45) is 1.84. The van der Waals surface area contributed by atoms with Crippen LogP contribution in [0.5, 0.6) is 0 Å². The predicted molar refractivity (Wildman–Crippen MR) is 52.8 cm³/mol. The van der Waals surface area contributed by atoms with Crippen molar-refractivity contribution in [2.45, 2.75) is 32.7 Å². The third kappa shape index (κ3) is 1.75. The number of hydrogen-bond acceptors (Lipinski definition) is 2. The van der Waals surface area contributed by atoms with Gasteiger partial charge in [0.15, 0.2) is 0 Å². The van der Waals surface area contributed by atoms with E-state index in [1.165, 1.54) is 0 Å². The molecule has 1 aliphatic heterocycles. The SMILES string of the molecule is CCC(C#N)N1CC(C)CC1=S. The molecule has 2 nitrogen and oxygen atoms in total. The summed E-state index contributed by atoms with van der Waals surface area (Å²) in [6.45, 7) is 5.17. The fraction of sp³-hybridized carbons (Fsp3) is 0.778. The molecule has 1 fully saturated rings. The average molecular weight is 182 g/mol. The van der Waals surface area contributed by atoms with Crippen LogP contribution in [0.1, 0.15) is 26.7 Å². The molecule has 0 radical (unpaired) electrons. The van der Waals surface area contributed by atoms with E-state index in [-0.39, 0.29) is 6.04 Å². The van der Waals surface area contributed by atoms with Gasteiger partial charge in [0.2, 0.25) is 0 Å². The van der Waals surface area contributed by atoms with Gasteiger partial charge in [-0.2, -0.15) is 5.26 Å². The molecule has 0 aromatic carbocycles. The molecule has 2 atom stereocenters. The Hall–Kier alpha value is -0.620. The minimum Gasteiger partial charge on any atom is -0.350 e. The number of thiocarbonyl (C=S) groups is 1.